The largest absolute Gasteiger partial charge is 0.300 e. The van der Waals surface area contributed by atoms with Gasteiger partial charge in [-0.1, -0.05) is 13.8 Å². The molecule has 1 nitrogen and oxygen atoms in total. The molecule has 1 saturated heterocycles. The van der Waals surface area contributed by atoms with Crippen molar-refractivity contribution in [3.8, 4) is 0 Å². The molecule has 1 aliphatic heterocycles. The Bertz CT molecular complexity index is 195. The Morgan fingerprint density at radius 3 is 2.29 bits per heavy atom. The predicted octanol–water partition coefficient (Wildman–Crippen LogP) is 3.01. The Morgan fingerprint density at radius 1 is 1.00 bits per heavy atom. The molecule has 1 aliphatic carbocycles. The first-order valence-corrected chi connectivity index (χ1v) is 6.32. The molecule has 2 rings (SSSR count). The van der Waals surface area contributed by atoms with Crippen molar-refractivity contribution in [2.75, 3.05) is 13.1 Å². The smallest absolute Gasteiger partial charge is 0.00388 e. The van der Waals surface area contributed by atoms with Gasteiger partial charge in [0.05, 0.1) is 0 Å². The van der Waals surface area contributed by atoms with E-state index in [1.807, 2.05) is 0 Å². The molecule has 1 saturated carbocycles. The molecular formula is C13H25N. The summed E-state index contributed by atoms with van der Waals surface area (Å²) >= 11 is 0. The molecule has 0 spiro atoms. The van der Waals surface area contributed by atoms with Gasteiger partial charge in [-0.2, -0.15) is 0 Å². The van der Waals surface area contributed by atoms with Crippen molar-refractivity contribution in [1.82, 2.24) is 4.90 Å². The number of hydrogen-bond acceptors (Lipinski definition) is 1. The van der Waals surface area contributed by atoms with E-state index in [9.17, 15) is 0 Å². The Kier molecular flexibility index (Phi) is 2.88. The Labute approximate surface area is 88.9 Å². The number of fused-ring (bicyclic) bond motifs is 2. The second kappa shape index (κ2) is 3.84. The van der Waals surface area contributed by atoms with Gasteiger partial charge in [-0.25, -0.2) is 0 Å². The van der Waals surface area contributed by atoms with Gasteiger partial charge in [-0.15, -0.1) is 0 Å². The molecule has 0 amide bonds. The van der Waals surface area contributed by atoms with Crippen LogP contribution in [0.1, 0.15) is 40.5 Å². The van der Waals surface area contributed by atoms with Crippen molar-refractivity contribution in [3.63, 3.8) is 0 Å². The maximum atomic E-state index is 2.70. The van der Waals surface area contributed by atoms with Crippen molar-refractivity contribution in [1.29, 1.82) is 0 Å². The summed E-state index contributed by atoms with van der Waals surface area (Å²) in [5.41, 5.74) is 0. The van der Waals surface area contributed by atoms with Crippen molar-refractivity contribution in [2.24, 2.45) is 23.7 Å². The summed E-state index contributed by atoms with van der Waals surface area (Å²) in [4.78, 5) is 2.70. The van der Waals surface area contributed by atoms with E-state index in [0.29, 0.717) is 0 Å². The summed E-state index contributed by atoms with van der Waals surface area (Å²) in [6.45, 7) is 12.2. The molecule has 2 aliphatic rings. The van der Waals surface area contributed by atoms with Gasteiger partial charge in [0.2, 0.25) is 0 Å². The third kappa shape index (κ3) is 1.84. The van der Waals surface area contributed by atoms with Crippen LogP contribution in [0.3, 0.4) is 0 Å². The van der Waals surface area contributed by atoms with E-state index < -0.39 is 0 Å². The number of piperidine rings is 1. The highest BCUT2D eigenvalue weighted by Gasteiger charge is 2.41. The fraction of sp³-hybridized carbons (Fsp3) is 1.00. The molecule has 0 aromatic carbocycles. The van der Waals surface area contributed by atoms with Crippen LogP contribution in [0, 0.1) is 23.7 Å². The quantitative estimate of drug-likeness (QED) is 0.654. The minimum absolute atomic E-state index is 0.756. The van der Waals surface area contributed by atoms with E-state index in [2.05, 4.69) is 32.6 Å². The van der Waals surface area contributed by atoms with Crippen LogP contribution in [0.5, 0.6) is 0 Å². The standard InChI is InChI=1S/C13H25N/c1-9(2)13-6-11-5-12(13)8-14(7-11)10(3)4/h9-13H,5-8H2,1-4H3. The average molecular weight is 195 g/mol. The summed E-state index contributed by atoms with van der Waals surface area (Å²) < 4.78 is 0. The van der Waals surface area contributed by atoms with Gasteiger partial charge in [0.1, 0.15) is 0 Å². The van der Waals surface area contributed by atoms with Crippen LogP contribution < -0.4 is 0 Å². The molecular weight excluding hydrogens is 170 g/mol. The molecule has 82 valence electrons. The molecule has 2 fully saturated rings. The Morgan fingerprint density at radius 2 is 1.71 bits per heavy atom. The molecule has 0 aromatic rings. The van der Waals surface area contributed by atoms with Gasteiger partial charge < -0.3 is 4.90 Å². The van der Waals surface area contributed by atoms with Crippen LogP contribution in [-0.4, -0.2) is 24.0 Å². The third-order valence-electron chi connectivity index (χ3n) is 4.40. The maximum Gasteiger partial charge on any atom is 0.00388 e. The first-order valence-electron chi connectivity index (χ1n) is 6.32. The Balaban J connectivity index is 2.01. The lowest BCUT2D eigenvalue weighted by Crippen LogP contribution is -2.41. The first-order chi connectivity index (χ1) is 6.58. The van der Waals surface area contributed by atoms with Gasteiger partial charge in [-0.3, -0.25) is 0 Å². The SMILES string of the molecule is CC(C)C1CC2CC1CN(C(C)C)C2. The average Bonchev–Trinajstić information content (AvgIpc) is 2.41. The van der Waals surface area contributed by atoms with E-state index >= 15 is 0 Å². The second-order valence-electron chi connectivity index (χ2n) is 6.05. The minimum atomic E-state index is 0.756. The first kappa shape index (κ1) is 10.5. The summed E-state index contributed by atoms with van der Waals surface area (Å²) in [6, 6.07) is 0.756. The van der Waals surface area contributed by atoms with Gasteiger partial charge >= 0.3 is 0 Å². The summed E-state index contributed by atoms with van der Waals surface area (Å²) in [5, 5.41) is 0. The molecule has 2 bridgehead atoms. The second-order valence-corrected chi connectivity index (χ2v) is 6.05. The van der Waals surface area contributed by atoms with Crippen LogP contribution in [0.4, 0.5) is 0 Å². The summed E-state index contributed by atoms with van der Waals surface area (Å²) in [6.07, 6.45) is 3.03. The lowest BCUT2D eigenvalue weighted by molar-refractivity contribution is 0.121. The van der Waals surface area contributed by atoms with E-state index in [4.69, 9.17) is 0 Å². The van der Waals surface area contributed by atoms with Gasteiger partial charge in [0, 0.05) is 19.1 Å². The highest BCUT2D eigenvalue weighted by Crippen LogP contribution is 2.44. The van der Waals surface area contributed by atoms with Crippen LogP contribution in [-0.2, 0) is 0 Å². The fourth-order valence-electron chi connectivity index (χ4n) is 3.58. The van der Waals surface area contributed by atoms with Crippen molar-refractivity contribution in [3.05, 3.63) is 0 Å². The number of nitrogens with zero attached hydrogens (tertiary/aromatic N) is 1. The van der Waals surface area contributed by atoms with Crippen LogP contribution in [0.25, 0.3) is 0 Å². The summed E-state index contributed by atoms with van der Waals surface area (Å²) in [7, 11) is 0. The molecule has 0 radical (unpaired) electrons. The fourth-order valence-corrected chi connectivity index (χ4v) is 3.58. The van der Waals surface area contributed by atoms with Gasteiger partial charge in [-0.05, 0) is 50.4 Å². The van der Waals surface area contributed by atoms with Gasteiger partial charge in [0.25, 0.3) is 0 Å². The van der Waals surface area contributed by atoms with Crippen LogP contribution in [0.2, 0.25) is 0 Å². The number of likely N-dealkylation sites (tertiary alicyclic amines) is 1. The monoisotopic (exact) mass is 195 g/mol. The molecule has 14 heavy (non-hydrogen) atoms. The third-order valence-corrected chi connectivity index (χ3v) is 4.40. The van der Waals surface area contributed by atoms with Crippen LogP contribution in [0.15, 0.2) is 0 Å². The zero-order valence-corrected chi connectivity index (χ0v) is 10.2. The lowest BCUT2D eigenvalue weighted by Gasteiger charge is -2.35. The van der Waals surface area contributed by atoms with Crippen LogP contribution >= 0.6 is 0 Å². The number of rotatable bonds is 2. The predicted molar refractivity (Wildman–Crippen MR) is 61.3 cm³/mol. The highest BCUT2D eigenvalue weighted by molar-refractivity contribution is 4.93. The molecule has 3 atom stereocenters. The molecule has 0 N–H and O–H groups in total. The highest BCUT2D eigenvalue weighted by atomic mass is 15.2. The maximum absolute atomic E-state index is 2.70. The summed E-state index contributed by atoms with van der Waals surface area (Å²) in [5.74, 6) is 3.94. The van der Waals surface area contributed by atoms with E-state index in [-0.39, 0.29) is 0 Å². The Hall–Kier alpha value is -0.0400. The number of hydrogen-bond donors (Lipinski definition) is 0. The van der Waals surface area contributed by atoms with Crippen molar-refractivity contribution < 1.29 is 0 Å². The van der Waals surface area contributed by atoms with Crippen molar-refractivity contribution in [2.45, 2.75) is 46.6 Å². The molecule has 0 aromatic heterocycles. The topological polar surface area (TPSA) is 3.24 Å². The van der Waals surface area contributed by atoms with E-state index in [1.165, 1.54) is 25.9 Å². The zero-order valence-electron chi connectivity index (χ0n) is 10.2. The minimum Gasteiger partial charge on any atom is -0.300 e. The molecule has 1 heteroatoms. The lowest BCUT2D eigenvalue weighted by atomic mass is 9.86. The van der Waals surface area contributed by atoms with E-state index in [0.717, 1.165) is 29.7 Å². The normalized spacial score (nSPS) is 38.6. The van der Waals surface area contributed by atoms with Crippen molar-refractivity contribution >= 4 is 0 Å². The van der Waals surface area contributed by atoms with E-state index in [1.54, 1.807) is 0 Å². The van der Waals surface area contributed by atoms with Gasteiger partial charge in [0.15, 0.2) is 0 Å². The molecule has 1 heterocycles. The zero-order chi connectivity index (χ0) is 10.3. The molecule has 3 unspecified atom stereocenters.